The van der Waals surface area contributed by atoms with Crippen LogP contribution in [0.25, 0.3) is 0 Å². The number of nitrogens with one attached hydrogen (secondary N) is 2. The van der Waals surface area contributed by atoms with Gasteiger partial charge in [-0.2, -0.15) is 0 Å². The number of benzene rings is 2. The SMILES string of the molecule is COCCOc1ccc(C(=O)NNC(=O)COc2c(C)cc(Br)cc2Br)cc1. The van der Waals surface area contributed by atoms with Crippen LogP contribution in [-0.4, -0.2) is 38.7 Å². The number of rotatable bonds is 8. The first-order valence-electron chi connectivity index (χ1n) is 8.30. The molecule has 2 rings (SSSR count). The van der Waals surface area contributed by atoms with Gasteiger partial charge in [-0.3, -0.25) is 20.4 Å². The molecule has 0 aromatic heterocycles. The van der Waals surface area contributed by atoms with Gasteiger partial charge in [-0.25, -0.2) is 0 Å². The molecular formula is C19H20Br2N2O5. The van der Waals surface area contributed by atoms with Gasteiger partial charge in [0.05, 0.1) is 11.1 Å². The van der Waals surface area contributed by atoms with Crippen LogP contribution >= 0.6 is 31.9 Å². The molecule has 0 aliphatic rings. The Hall–Kier alpha value is -2.10. The molecule has 0 radical (unpaired) electrons. The smallest absolute Gasteiger partial charge is 0.276 e. The molecule has 9 heteroatoms. The maximum atomic E-state index is 12.1. The number of aryl methyl sites for hydroxylation is 1. The molecule has 0 spiro atoms. The minimum atomic E-state index is -0.484. The minimum Gasteiger partial charge on any atom is -0.491 e. The van der Waals surface area contributed by atoms with Gasteiger partial charge in [0, 0.05) is 17.1 Å². The van der Waals surface area contributed by atoms with Crippen molar-refractivity contribution in [3.8, 4) is 11.5 Å². The van der Waals surface area contributed by atoms with Gasteiger partial charge < -0.3 is 14.2 Å². The predicted molar refractivity (Wildman–Crippen MR) is 111 cm³/mol. The summed E-state index contributed by atoms with van der Waals surface area (Å²) in [5.74, 6) is 0.259. The molecule has 0 saturated carbocycles. The Morgan fingerprint density at radius 3 is 2.36 bits per heavy atom. The van der Waals surface area contributed by atoms with E-state index in [1.165, 1.54) is 0 Å². The monoisotopic (exact) mass is 514 g/mol. The van der Waals surface area contributed by atoms with Crippen molar-refractivity contribution in [3.05, 3.63) is 56.5 Å². The van der Waals surface area contributed by atoms with E-state index in [-0.39, 0.29) is 6.61 Å². The zero-order valence-electron chi connectivity index (χ0n) is 15.4. The van der Waals surface area contributed by atoms with Crippen LogP contribution in [0, 0.1) is 6.92 Å². The molecule has 0 saturated heterocycles. The van der Waals surface area contributed by atoms with E-state index in [9.17, 15) is 9.59 Å². The van der Waals surface area contributed by atoms with E-state index in [1.807, 2.05) is 19.1 Å². The fourth-order valence-electron chi connectivity index (χ4n) is 2.19. The van der Waals surface area contributed by atoms with Crippen molar-refractivity contribution in [2.24, 2.45) is 0 Å². The molecule has 0 aliphatic heterocycles. The maximum Gasteiger partial charge on any atom is 0.276 e. The number of hydrogen-bond acceptors (Lipinski definition) is 5. The summed E-state index contributed by atoms with van der Waals surface area (Å²) < 4.78 is 17.5. The summed E-state index contributed by atoms with van der Waals surface area (Å²) in [5.41, 5.74) is 5.92. The van der Waals surface area contributed by atoms with Crippen molar-refractivity contribution >= 4 is 43.7 Å². The van der Waals surface area contributed by atoms with Gasteiger partial charge in [0.15, 0.2) is 6.61 Å². The van der Waals surface area contributed by atoms with Gasteiger partial charge in [-0.05, 0) is 64.8 Å². The number of ether oxygens (including phenoxy) is 3. The summed E-state index contributed by atoms with van der Waals surface area (Å²) in [4.78, 5) is 24.0. The number of methoxy groups -OCH3 is 1. The minimum absolute atomic E-state index is 0.242. The van der Waals surface area contributed by atoms with Crippen molar-refractivity contribution in [2.75, 3.05) is 26.9 Å². The fourth-order valence-corrected chi connectivity index (χ4v) is 3.74. The summed E-state index contributed by atoms with van der Waals surface area (Å²) in [5, 5.41) is 0. The molecule has 28 heavy (non-hydrogen) atoms. The maximum absolute atomic E-state index is 12.1. The van der Waals surface area contributed by atoms with Crippen molar-refractivity contribution < 1.29 is 23.8 Å². The number of halogens is 2. The number of amides is 2. The summed E-state index contributed by atoms with van der Waals surface area (Å²) in [6.07, 6.45) is 0. The summed E-state index contributed by atoms with van der Waals surface area (Å²) >= 11 is 6.78. The number of hydrazine groups is 1. The van der Waals surface area contributed by atoms with E-state index in [1.54, 1.807) is 31.4 Å². The first kappa shape index (κ1) is 22.2. The molecule has 150 valence electrons. The molecule has 0 fully saturated rings. The van der Waals surface area contributed by atoms with Gasteiger partial charge in [0.25, 0.3) is 11.8 Å². The fraction of sp³-hybridized carbons (Fsp3) is 0.263. The van der Waals surface area contributed by atoms with E-state index in [0.29, 0.717) is 30.3 Å². The third kappa shape index (κ3) is 6.81. The lowest BCUT2D eigenvalue weighted by Gasteiger charge is -2.12. The molecule has 2 aromatic carbocycles. The second-order valence-corrected chi connectivity index (χ2v) is 7.46. The number of carbonyl (C=O) groups is 2. The first-order valence-corrected chi connectivity index (χ1v) is 9.88. The van der Waals surface area contributed by atoms with E-state index in [2.05, 4.69) is 42.7 Å². The van der Waals surface area contributed by atoms with E-state index in [4.69, 9.17) is 14.2 Å². The average molecular weight is 516 g/mol. The van der Waals surface area contributed by atoms with Gasteiger partial charge in [-0.1, -0.05) is 15.9 Å². The van der Waals surface area contributed by atoms with Gasteiger partial charge in [-0.15, -0.1) is 0 Å². The zero-order valence-corrected chi connectivity index (χ0v) is 18.6. The van der Waals surface area contributed by atoms with Crippen LogP contribution in [0.2, 0.25) is 0 Å². The number of hydrogen-bond donors (Lipinski definition) is 2. The molecule has 0 heterocycles. The van der Waals surface area contributed by atoms with Gasteiger partial charge >= 0.3 is 0 Å². The standard InChI is InChI=1S/C19H20Br2N2O5/c1-12-9-14(20)10-16(21)18(12)28-11-17(24)22-23-19(25)13-3-5-15(6-4-13)27-8-7-26-2/h3-6,9-10H,7-8,11H2,1-2H3,(H,22,24)(H,23,25). The highest BCUT2D eigenvalue weighted by atomic mass is 79.9. The Bertz CT molecular complexity index is 805. The van der Waals surface area contributed by atoms with Crippen LogP contribution in [0.4, 0.5) is 0 Å². The van der Waals surface area contributed by atoms with Crippen molar-refractivity contribution in [3.63, 3.8) is 0 Å². The second-order valence-electron chi connectivity index (χ2n) is 5.69. The lowest BCUT2D eigenvalue weighted by Crippen LogP contribution is -2.43. The van der Waals surface area contributed by atoms with Gasteiger partial charge in [0.2, 0.25) is 0 Å². The van der Waals surface area contributed by atoms with E-state index < -0.39 is 11.8 Å². The molecule has 0 bridgehead atoms. The van der Waals surface area contributed by atoms with Crippen LogP contribution in [-0.2, 0) is 9.53 Å². The largest absolute Gasteiger partial charge is 0.491 e. The number of carbonyl (C=O) groups excluding carboxylic acids is 2. The Morgan fingerprint density at radius 2 is 1.71 bits per heavy atom. The normalized spacial score (nSPS) is 10.3. The Labute approximate surface area is 180 Å². The Morgan fingerprint density at radius 1 is 1.00 bits per heavy atom. The van der Waals surface area contributed by atoms with Crippen LogP contribution in [0.15, 0.2) is 45.3 Å². The van der Waals surface area contributed by atoms with Crippen LogP contribution in [0.3, 0.4) is 0 Å². The highest BCUT2D eigenvalue weighted by molar-refractivity contribution is 9.11. The molecule has 0 unspecified atom stereocenters. The van der Waals surface area contributed by atoms with Crippen LogP contribution < -0.4 is 20.3 Å². The van der Waals surface area contributed by atoms with Crippen LogP contribution in [0.1, 0.15) is 15.9 Å². The molecule has 2 N–H and O–H groups in total. The average Bonchev–Trinajstić information content (AvgIpc) is 2.66. The summed E-state index contributed by atoms with van der Waals surface area (Å²) in [6.45, 7) is 2.53. The molecule has 2 amide bonds. The van der Waals surface area contributed by atoms with Crippen LogP contribution in [0.5, 0.6) is 11.5 Å². The summed E-state index contributed by atoms with van der Waals surface area (Å²) in [7, 11) is 1.59. The molecule has 7 nitrogen and oxygen atoms in total. The molecular weight excluding hydrogens is 496 g/mol. The quantitative estimate of drug-likeness (QED) is 0.416. The molecule has 0 aliphatic carbocycles. The third-order valence-corrected chi connectivity index (χ3v) is 4.58. The highest BCUT2D eigenvalue weighted by Crippen LogP contribution is 2.32. The topological polar surface area (TPSA) is 85.9 Å². The van der Waals surface area contributed by atoms with Crippen molar-refractivity contribution in [1.82, 2.24) is 10.9 Å². The van der Waals surface area contributed by atoms with E-state index >= 15 is 0 Å². The van der Waals surface area contributed by atoms with Crippen molar-refractivity contribution in [2.45, 2.75) is 6.92 Å². The Kier molecular flexibility index (Phi) is 8.75. The first-order chi connectivity index (χ1) is 13.4. The lowest BCUT2D eigenvalue weighted by atomic mass is 10.2. The molecule has 0 atom stereocenters. The van der Waals surface area contributed by atoms with Gasteiger partial charge in [0.1, 0.15) is 18.1 Å². The van der Waals surface area contributed by atoms with Crippen molar-refractivity contribution in [1.29, 1.82) is 0 Å². The lowest BCUT2D eigenvalue weighted by molar-refractivity contribution is -0.123. The summed E-state index contributed by atoms with van der Waals surface area (Å²) in [6, 6.07) is 10.2. The Balaban J connectivity index is 1.80. The third-order valence-electron chi connectivity index (χ3n) is 3.53. The molecule has 2 aromatic rings. The second kappa shape index (κ2) is 11.0. The zero-order chi connectivity index (χ0) is 20.5. The highest BCUT2D eigenvalue weighted by Gasteiger charge is 2.11. The predicted octanol–water partition coefficient (Wildman–Crippen LogP) is 3.39. The van der Waals surface area contributed by atoms with E-state index in [0.717, 1.165) is 14.5 Å².